The number of rotatable bonds is 4. The summed E-state index contributed by atoms with van der Waals surface area (Å²) < 4.78 is 27.3. The van der Waals surface area contributed by atoms with Crippen LogP contribution in [-0.2, 0) is 29.5 Å². The Kier molecular flexibility index (Phi) is 4.76. The molecule has 0 amide bonds. The molecule has 2 aromatic heterocycles. The summed E-state index contributed by atoms with van der Waals surface area (Å²) in [6.07, 6.45) is 1.91. The molecule has 28 heavy (non-hydrogen) atoms. The fourth-order valence-corrected chi connectivity index (χ4v) is 4.73. The minimum Gasteiger partial charge on any atom is -0.295 e. The van der Waals surface area contributed by atoms with Crippen molar-refractivity contribution in [1.82, 2.24) is 18.8 Å². The molecule has 1 aliphatic rings. The number of pyridine rings is 1. The third-order valence-electron chi connectivity index (χ3n) is 5.19. The van der Waals surface area contributed by atoms with Crippen LogP contribution in [0.2, 0.25) is 0 Å². The molecule has 0 atom stereocenters. The maximum absolute atomic E-state index is 13.0. The number of hydrogen-bond acceptors (Lipinski definition) is 5. The molecule has 3 aromatic rings. The lowest BCUT2D eigenvalue weighted by molar-refractivity contribution is 0.382. The second-order valence-electron chi connectivity index (χ2n) is 7.03. The molecule has 7 nitrogen and oxygen atoms in total. The first-order valence-corrected chi connectivity index (χ1v) is 10.9. The molecule has 1 aromatic carbocycles. The molecule has 0 bridgehead atoms. The molecule has 0 aliphatic carbocycles. The predicted molar refractivity (Wildman–Crippen MR) is 108 cm³/mol. The van der Waals surface area contributed by atoms with Crippen molar-refractivity contribution in [2.45, 2.75) is 33.4 Å². The zero-order valence-electron chi connectivity index (χ0n) is 15.9. The van der Waals surface area contributed by atoms with E-state index < -0.39 is 10.0 Å². The SMILES string of the molecule is CCS(=O)(=O)N1CCc2c(ncn(Cc3cc(C)nc4ccccc34)c2=O)C1. The lowest BCUT2D eigenvalue weighted by Crippen LogP contribution is -2.41. The van der Waals surface area contributed by atoms with E-state index in [0.29, 0.717) is 30.8 Å². The standard InChI is InChI=1S/C20H22N4O3S/c1-3-28(26,27)24-9-8-17-19(12-24)21-13-23(20(17)25)11-15-10-14(2)22-18-7-5-4-6-16(15)18/h4-7,10,13H,3,8-9,11-12H2,1-2H3. The van der Waals surface area contributed by atoms with Crippen molar-refractivity contribution < 1.29 is 8.42 Å². The van der Waals surface area contributed by atoms with Crippen molar-refractivity contribution >= 4 is 20.9 Å². The van der Waals surface area contributed by atoms with E-state index in [1.54, 1.807) is 11.5 Å². The van der Waals surface area contributed by atoms with E-state index in [0.717, 1.165) is 22.2 Å². The molecule has 0 radical (unpaired) electrons. The Labute approximate surface area is 163 Å². The van der Waals surface area contributed by atoms with Crippen LogP contribution in [-0.4, -0.2) is 39.6 Å². The van der Waals surface area contributed by atoms with Crippen molar-refractivity contribution in [3.05, 3.63) is 69.5 Å². The summed E-state index contributed by atoms with van der Waals surface area (Å²) in [4.78, 5) is 22.0. The van der Waals surface area contributed by atoms with Crippen molar-refractivity contribution in [3.63, 3.8) is 0 Å². The quantitative estimate of drug-likeness (QED) is 0.670. The predicted octanol–water partition coefficient (Wildman–Crippen LogP) is 1.86. The lowest BCUT2D eigenvalue weighted by atomic mass is 10.1. The Hall–Kier alpha value is -2.58. The summed E-state index contributed by atoms with van der Waals surface area (Å²) in [5.41, 5.74) is 3.88. The number of sulfonamides is 1. The minimum atomic E-state index is -3.29. The number of hydrogen-bond donors (Lipinski definition) is 0. The summed E-state index contributed by atoms with van der Waals surface area (Å²) >= 11 is 0. The highest BCUT2D eigenvalue weighted by Gasteiger charge is 2.28. The molecule has 4 rings (SSSR count). The number of fused-ring (bicyclic) bond motifs is 2. The number of aromatic nitrogens is 3. The highest BCUT2D eigenvalue weighted by molar-refractivity contribution is 7.89. The molecule has 0 saturated carbocycles. The van der Waals surface area contributed by atoms with Crippen LogP contribution in [0.1, 0.15) is 29.4 Å². The van der Waals surface area contributed by atoms with Crippen LogP contribution in [0.15, 0.2) is 41.5 Å². The van der Waals surface area contributed by atoms with E-state index in [9.17, 15) is 13.2 Å². The molecular formula is C20H22N4O3S. The molecule has 1 aliphatic heterocycles. The average molecular weight is 398 g/mol. The number of benzene rings is 1. The number of aryl methyl sites for hydroxylation is 1. The first-order chi connectivity index (χ1) is 13.4. The Balaban J connectivity index is 1.70. The molecule has 8 heteroatoms. The van der Waals surface area contributed by atoms with Gasteiger partial charge in [-0.15, -0.1) is 0 Å². The van der Waals surface area contributed by atoms with Gasteiger partial charge in [-0.2, -0.15) is 4.31 Å². The summed E-state index contributed by atoms with van der Waals surface area (Å²) in [5, 5.41) is 1.01. The molecule has 146 valence electrons. The lowest BCUT2D eigenvalue weighted by Gasteiger charge is -2.26. The fourth-order valence-electron chi connectivity index (χ4n) is 3.68. The van der Waals surface area contributed by atoms with Gasteiger partial charge in [-0.05, 0) is 38.0 Å². The van der Waals surface area contributed by atoms with Gasteiger partial charge < -0.3 is 0 Å². The van der Waals surface area contributed by atoms with Gasteiger partial charge in [-0.1, -0.05) is 18.2 Å². The second-order valence-corrected chi connectivity index (χ2v) is 9.28. The first kappa shape index (κ1) is 18.8. The van der Waals surface area contributed by atoms with Gasteiger partial charge in [0.25, 0.3) is 5.56 Å². The first-order valence-electron chi connectivity index (χ1n) is 9.29. The third kappa shape index (κ3) is 3.33. The van der Waals surface area contributed by atoms with Crippen LogP contribution >= 0.6 is 0 Å². The van der Waals surface area contributed by atoms with Gasteiger partial charge in [0.15, 0.2) is 0 Å². The van der Waals surface area contributed by atoms with E-state index in [1.165, 1.54) is 10.6 Å². The normalized spacial score (nSPS) is 14.9. The molecule has 0 fully saturated rings. The second kappa shape index (κ2) is 7.10. The Morgan fingerprint density at radius 3 is 2.79 bits per heavy atom. The Morgan fingerprint density at radius 1 is 1.21 bits per heavy atom. The van der Waals surface area contributed by atoms with Crippen LogP contribution in [0.3, 0.4) is 0 Å². The van der Waals surface area contributed by atoms with Crippen LogP contribution in [0.5, 0.6) is 0 Å². The zero-order chi connectivity index (χ0) is 19.9. The van der Waals surface area contributed by atoms with Gasteiger partial charge in [-0.25, -0.2) is 13.4 Å². The van der Waals surface area contributed by atoms with Crippen LogP contribution in [0.25, 0.3) is 10.9 Å². The van der Waals surface area contributed by atoms with Gasteiger partial charge in [0.1, 0.15) is 0 Å². The summed E-state index contributed by atoms with van der Waals surface area (Å²) in [7, 11) is -3.29. The highest BCUT2D eigenvalue weighted by atomic mass is 32.2. The molecule has 0 unspecified atom stereocenters. The summed E-state index contributed by atoms with van der Waals surface area (Å²) in [5.74, 6) is 0.0495. The van der Waals surface area contributed by atoms with E-state index in [4.69, 9.17) is 0 Å². The molecule has 0 saturated heterocycles. The van der Waals surface area contributed by atoms with Crippen molar-refractivity contribution in [2.24, 2.45) is 0 Å². The third-order valence-corrected chi connectivity index (χ3v) is 7.01. The van der Waals surface area contributed by atoms with Gasteiger partial charge in [-0.3, -0.25) is 14.3 Å². The summed E-state index contributed by atoms with van der Waals surface area (Å²) in [6.45, 7) is 4.45. The van der Waals surface area contributed by atoms with E-state index in [1.807, 2.05) is 37.3 Å². The average Bonchev–Trinajstić information content (AvgIpc) is 2.69. The molecular weight excluding hydrogens is 376 g/mol. The van der Waals surface area contributed by atoms with Gasteiger partial charge >= 0.3 is 0 Å². The Bertz CT molecular complexity index is 1220. The zero-order valence-corrected chi connectivity index (χ0v) is 16.7. The maximum atomic E-state index is 13.0. The monoisotopic (exact) mass is 398 g/mol. The number of para-hydroxylation sites is 1. The fraction of sp³-hybridized carbons (Fsp3) is 0.350. The maximum Gasteiger partial charge on any atom is 0.257 e. The minimum absolute atomic E-state index is 0.0495. The van der Waals surface area contributed by atoms with E-state index in [-0.39, 0.29) is 17.9 Å². The van der Waals surface area contributed by atoms with Gasteiger partial charge in [0.2, 0.25) is 10.0 Å². The largest absolute Gasteiger partial charge is 0.295 e. The van der Waals surface area contributed by atoms with Crippen LogP contribution in [0.4, 0.5) is 0 Å². The highest BCUT2D eigenvalue weighted by Crippen LogP contribution is 2.20. The smallest absolute Gasteiger partial charge is 0.257 e. The van der Waals surface area contributed by atoms with E-state index >= 15 is 0 Å². The van der Waals surface area contributed by atoms with Crippen molar-refractivity contribution in [1.29, 1.82) is 0 Å². The number of nitrogens with zero attached hydrogens (tertiary/aromatic N) is 4. The molecule has 0 spiro atoms. The summed E-state index contributed by atoms with van der Waals surface area (Å²) in [6, 6.07) is 9.86. The van der Waals surface area contributed by atoms with Crippen LogP contribution in [0, 0.1) is 6.92 Å². The van der Waals surface area contributed by atoms with E-state index in [2.05, 4.69) is 9.97 Å². The van der Waals surface area contributed by atoms with Crippen molar-refractivity contribution in [2.75, 3.05) is 12.3 Å². The van der Waals surface area contributed by atoms with Gasteiger partial charge in [0.05, 0.1) is 36.4 Å². The Morgan fingerprint density at radius 2 is 2.00 bits per heavy atom. The molecule has 3 heterocycles. The van der Waals surface area contributed by atoms with Crippen LogP contribution < -0.4 is 5.56 Å². The molecule has 0 N–H and O–H groups in total. The van der Waals surface area contributed by atoms with Gasteiger partial charge in [0, 0.05) is 23.2 Å². The topological polar surface area (TPSA) is 85.2 Å². The van der Waals surface area contributed by atoms with Crippen molar-refractivity contribution in [3.8, 4) is 0 Å².